The molecule has 3 rings (SSSR count). The summed E-state index contributed by atoms with van der Waals surface area (Å²) in [5.41, 5.74) is 1.99. The molecule has 0 spiro atoms. The van der Waals surface area contributed by atoms with Crippen LogP contribution in [0.15, 0.2) is 15.4 Å². The molecule has 3 heterocycles. The van der Waals surface area contributed by atoms with E-state index in [1.165, 1.54) is 0 Å². The molecule has 0 amide bonds. The van der Waals surface area contributed by atoms with E-state index in [-0.39, 0.29) is 5.56 Å². The molecule has 0 N–H and O–H groups in total. The van der Waals surface area contributed by atoms with E-state index in [2.05, 4.69) is 20.1 Å². The van der Waals surface area contributed by atoms with Crippen molar-refractivity contribution >= 4 is 0 Å². The predicted molar refractivity (Wildman–Crippen MR) is 86.5 cm³/mol. The molecule has 0 atom stereocenters. The third-order valence-corrected chi connectivity index (χ3v) is 4.06. The lowest BCUT2D eigenvalue weighted by Gasteiger charge is -2.26. The number of hydrogen-bond donors (Lipinski definition) is 0. The molecule has 0 bridgehead atoms. The number of methoxy groups -OCH3 is 1. The molecular formula is C16H23N5O3. The van der Waals surface area contributed by atoms with Crippen LogP contribution in [0.4, 0.5) is 0 Å². The molecule has 2 aromatic heterocycles. The number of nitrogens with zero attached hydrogens (tertiary/aromatic N) is 5. The lowest BCUT2D eigenvalue weighted by molar-refractivity contribution is 0.198. The lowest BCUT2D eigenvalue weighted by Crippen LogP contribution is -2.34. The molecule has 0 radical (unpaired) electrons. The zero-order chi connectivity index (χ0) is 16.9. The van der Waals surface area contributed by atoms with Gasteiger partial charge in [-0.3, -0.25) is 9.69 Å². The van der Waals surface area contributed by atoms with Gasteiger partial charge in [-0.05, 0) is 12.0 Å². The van der Waals surface area contributed by atoms with Gasteiger partial charge < -0.3 is 9.26 Å². The van der Waals surface area contributed by atoms with Gasteiger partial charge in [-0.1, -0.05) is 12.1 Å². The minimum Gasteiger partial charge on any atom is -0.384 e. The average molecular weight is 333 g/mol. The van der Waals surface area contributed by atoms with E-state index in [4.69, 9.17) is 9.26 Å². The van der Waals surface area contributed by atoms with Crippen molar-refractivity contribution in [3.63, 3.8) is 0 Å². The molecule has 8 heteroatoms. The van der Waals surface area contributed by atoms with Crippen LogP contribution in [0.1, 0.15) is 36.3 Å². The Hall–Kier alpha value is -2.06. The fourth-order valence-electron chi connectivity index (χ4n) is 2.85. The highest BCUT2D eigenvalue weighted by Gasteiger charge is 2.21. The van der Waals surface area contributed by atoms with E-state index in [9.17, 15) is 4.79 Å². The van der Waals surface area contributed by atoms with Crippen LogP contribution in [0.3, 0.4) is 0 Å². The summed E-state index contributed by atoms with van der Waals surface area (Å²) in [6.07, 6.45) is 2.37. The molecule has 0 saturated carbocycles. The second-order valence-electron chi connectivity index (χ2n) is 5.99. The van der Waals surface area contributed by atoms with Gasteiger partial charge in [0.2, 0.25) is 5.89 Å². The fourth-order valence-corrected chi connectivity index (χ4v) is 2.85. The summed E-state index contributed by atoms with van der Waals surface area (Å²) in [4.78, 5) is 18.6. The number of rotatable bonds is 7. The fraction of sp³-hybridized carbons (Fsp3) is 0.625. The van der Waals surface area contributed by atoms with Gasteiger partial charge >= 0.3 is 0 Å². The molecule has 0 saturated heterocycles. The lowest BCUT2D eigenvalue weighted by atomic mass is 10.1. The monoisotopic (exact) mass is 333 g/mol. The van der Waals surface area contributed by atoms with Gasteiger partial charge in [-0.2, -0.15) is 10.1 Å². The first-order valence-electron chi connectivity index (χ1n) is 8.32. The summed E-state index contributed by atoms with van der Waals surface area (Å²) >= 11 is 0. The summed E-state index contributed by atoms with van der Waals surface area (Å²) in [7, 11) is 1.65. The quantitative estimate of drug-likeness (QED) is 0.740. The third-order valence-electron chi connectivity index (χ3n) is 4.06. The maximum Gasteiger partial charge on any atom is 0.267 e. The van der Waals surface area contributed by atoms with Crippen LogP contribution in [0.25, 0.3) is 0 Å². The van der Waals surface area contributed by atoms with Gasteiger partial charge in [0.15, 0.2) is 5.82 Å². The Morgan fingerprint density at radius 2 is 2.29 bits per heavy atom. The molecule has 24 heavy (non-hydrogen) atoms. The van der Waals surface area contributed by atoms with Crippen molar-refractivity contribution in [2.45, 2.75) is 45.8 Å². The second-order valence-corrected chi connectivity index (χ2v) is 5.99. The van der Waals surface area contributed by atoms with Crippen molar-refractivity contribution in [2.75, 3.05) is 20.3 Å². The summed E-state index contributed by atoms with van der Waals surface area (Å²) in [6, 6.07) is 1.71. The van der Waals surface area contributed by atoms with Gasteiger partial charge in [-0.15, -0.1) is 0 Å². The summed E-state index contributed by atoms with van der Waals surface area (Å²) in [6.45, 7) is 5.41. The van der Waals surface area contributed by atoms with Crippen LogP contribution < -0.4 is 5.56 Å². The highest BCUT2D eigenvalue weighted by atomic mass is 16.5. The largest absolute Gasteiger partial charge is 0.384 e. The topological polar surface area (TPSA) is 86.3 Å². The smallest absolute Gasteiger partial charge is 0.267 e. The molecule has 130 valence electrons. The summed E-state index contributed by atoms with van der Waals surface area (Å²) in [5.74, 6) is 1.25. The average Bonchev–Trinajstić information content (AvgIpc) is 3.01. The first-order valence-corrected chi connectivity index (χ1v) is 8.32. The Labute approximate surface area is 140 Å². The molecule has 2 aromatic rings. The van der Waals surface area contributed by atoms with Crippen molar-refractivity contribution < 1.29 is 9.26 Å². The molecule has 0 fully saturated rings. The highest BCUT2D eigenvalue weighted by Crippen LogP contribution is 2.17. The van der Waals surface area contributed by atoms with Gasteiger partial charge in [0, 0.05) is 45.7 Å². The zero-order valence-corrected chi connectivity index (χ0v) is 14.2. The first kappa shape index (κ1) is 16.8. The molecule has 0 aliphatic carbocycles. The maximum absolute atomic E-state index is 12.1. The Bertz CT molecular complexity index is 740. The van der Waals surface area contributed by atoms with Gasteiger partial charge in [0.1, 0.15) is 0 Å². The standard InChI is InChI=1S/C16H23N5O3/c1-3-6-21-16(22)9-12-10-20(7-4-13(12)18-21)11-15-17-14(19-24-15)5-8-23-2/h9H,3-8,10-11H2,1-2H3. The number of ether oxygens (including phenoxy) is 1. The van der Waals surface area contributed by atoms with Crippen molar-refractivity contribution in [2.24, 2.45) is 0 Å². The molecule has 1 aliphatic heterocycles. The van der Waals surface area contributed by atoms with Crippen LogP contribution >= 0.6 is 0 Å². The van der Waals surface area contributed by atoms with Crippen molar-refractivity contribution in [3.8, 4) is 0 Å². The SMILES string of the molecule is CCCn1nc2c(cc1=O)CN(Cc1nc(CCOC)no1)CC2. The predicted octanol–water partition coefficient (Wildman–Crippen LogP) is 0.783. The number of fused-ring (bicyclic) bond motifs is 1. The summed E-state index contributed by atoms with van der Waals surface area (Å²) in [5, 5.41) is 8.45. The van der Waals surface area contributed by atoms with Gasteiger partial charge in [0.25, 0.3) is 5.56 Å². The molecular weight excluding hydrogens is 310 g/mol. The normalized spacial score (nSPS) is 14.8. The molecule has 0 unspecified atom stereocenters. The Morgan fingerprint density at radius 3 is 3.08 bits per heavy atom. The number of aryl methyl sites for hydroxylation is 1. The van der Waals surface area contributed by atoms with Crippen molar-refractivity contribution in [1.82, 2.24) is 24.8 Å². The van der Waals surface area contributed by atoms with E-state index in [1.54, 1.807) is 17.9 Å². The van der Waals surface area contributed by atoms with Crippen molar-refractivity contribution in [1.29, 1.82) is 0 Å². The van der Waals surface area contributed by atoms with E-state index in [1.807, 2.05) is 6.92 Å². The highest BCUT2D eigenvalue weighted by molar-refractivity contribution is 5.20. The minimum atomic E-state index is -0.0305. The Morgan fingerprint density at radius 1 is 1.42 bits per heavy atom. The van der Waals surface area contributed by atoms with Crippen LogP contribution in [-0.2, 0) is 37.2 Å². The number of aromatic nitrogens is 4. The maximum atomic E-state index is 12.1. The number of hydrogen-bond acceptors (Lipinski definition) is 7. The zero-order valence-electron chi connectivity index (χ0n) is 14.2. The Balaban J connectivity index is 1.65. The van der Waals surface area contributed by atoms with E-state index in [0.717, 1.165) is 30.6 Å². The Kier molecular flexibility index (Phi) is 5.37. The third kappa shape index (κ3) is 3.88. The van der Waals surface area contributed by atoms with Crippen LogP contribution in [0.2, 0.25) is 0 Å². The molecule has 1 aliphatic rings. The van der Waals surface area contributed by atoms with Crippen molar-refractivity contribution in [3.05, 3.63) is 39.4 Å². The summed E-state index contributed by atoms with van der Waals surface area (Å²) < 4.78 is 11.9. The van der Waals surface area contributed by atoms with Crippen LogP contribution in [-0.4, -0.2) is 45.1 Å². The van der Waals surface area contributed by atoms with E-state index in [0.29, 0.717) is 44.4 Å². The van der Waals surface area contributed by atoms with Crippen LogP contribution in [0, 0.1) is 0 Å². The van der Waals surface area contributed by atoms with Crippen LogP contribution in [0.5, 0.6) is 0 Å². The molecule has 8 nitrogen and oxygen atoms in total. The van der Waals surface area contributed by atoms with Gasteiger partial charge in [-0.25, -0.2) is 4.68 Å². The van der Waals surface area contributed by atoms with E-state index < -0.39 is 0 Å². The van der Waals surface area contributed by atoms with Gasteiger partial charge in [0.05, 0.1) is 18.8 Å². The molecule has 0 aromatic carbocycles. The minimum absolute atomic E-state index is 0.0305. The van der Waals surface area contributed by atoms with E-state index >= 15 is 0 Å². The first-order chi connectivity index (χ1) is 11.7. The second kappa shape index (κ2) is 7.67.